The fourth-order valence-corrected chi connectivity index (χ4v) is 3.92. The SMILES string of the molecule is O=[N+]([O-])c1ccc(C2OC[C@@H]3OC(c4ccc5c(c4)OCO5)O[C@H]([C@H](O)CO)[C@@H]3O2)cc1. The number of aliphatic hydroxyl groups is 2. The van der Waals surface area contributed by atoms with E-state index in [-0.39, 0.29) is 19.1 Å². The Morgan fingerprint density at radius 1 is 1.00 bits per heavy atom. The van der Waals surface area contributed by atoms with E-state index < -0.39 is 48.5 Å². The van der Waals surface area contributed by atoms with Crippen LogP contribution in [-0.4, -0.2) is 59.6 Å². The molecule has 3 heterocycles. The number of nitrogens with zero attached hydrogens (tertiary/aromatic N) is 1. The minimum Gasteiger partial charge on any atom is -0.454 e. The summed E-state index contributed by atoms with van der Waals surface area (Å²) in [7, 11) is 0. The predicted molar refractivity (Wildman–Crippen MR) is 105 cm³/mol. The van der Waals surface area contributed by atoms with Crippen molar-refractivity contribution < 1.29 is 43.6 Å². The van der Waals surface area contributed by atoms with Gasteiger partial charge < -0.3 is 38.6 Å². The van der Waals surface area contributed by atoms with Crippen molar-refractivity contribution in [2.24, 2.45) is 0 Å². The van der Waals surface area contributed by atoms with Crippen molar-refractivity contribution in [1.29, 1.82) is 0 Å². The lowest BCUT2D eigenvalue weighted by atomic mass is 9.99. The Bertz CT molecular complexity index is 983. The van der Waals surface area contributed by atoms with E-state index in [9.17, 15) is 20.3 Å². The highest BCUT2D eigenvalue weighted by molar-refractivity contribution is 5.45. The summed E-state index contributed by atoms with van der Waals surface area (Å²) in [6.07, 6.45) is -5.13. The number of aliphatic hydroxyl groups excluding tert-OH is 2. The van der Waals surface area contributed by atoms with Crippen LogP contribution in [-0.2, 0) is 18.9 Å². The second kappa shape index (κ2) is 8.62. The molecule has 2 fully saturated rings. The molecule has 11 heteroatoms. The average molecular weight is 447 g/mol. The molecule has 0 saturated carbocycles. The zero-order valence-corrected chi connectivity index (χ0v) is 16.7. The summed E-state index contributed by atoms with van der Waals surface area (Å²) >= 11 is 0. The van der Waals surface area contributed by atoms with Crippen LogP contribution in [0, 0.1) is 10.1 Å². The van der Waals surface area contributed by atoms with E-state index in [0.29, 0.717) is 22.6 Å². The minimum absolute atomic E-state index is 0.0492. The molecule has 3 aliphatic rings. The Morgan fingerprint density at radius 3 is 2.50 bits per heavy atom. The van der Waals surface area contributed by atoms with E-state index in [1.54, 1.807) is 30.3 Å². The highest BCUT2D eigenvalue weighted by atomic mass is 16.8. The zero-order chi connectivity index (χ0) is 22.2. The zero-order valence-electron chi connectivity index (χ0n) is 16.7. The maximum atomic E-state index is 10.9. The lowest BCUT2D eigenvalue weighted by molar-refractivity contribution is -0.385. The lowest BCUT2D eigenvalue weighted by Crippen LogP contribution is -2.58. The van der Waals surface area contributed by atoms with Gasteiger partial charge in [0.2, 0.25) is 6.79 Å². The largest absolute Gasteiger partial charge is 0.454 e. The Kier molecular flexibility index (Phi) is 5.67. The topological polar surface area (TPSA) is 139 Å². The van der Waals surface area contributed by atoms with Gasteiger partial charge in [-0.05, 0) is 30.3 Å². The Balaban J connectivity index is 1.35. The fraction of sp³-hybridized carbons (Fsp3) is 0.429. The maximum absolute atomic E-state index is 10.9. The van der Waals surface area contributed by atoms with Crippen molar-refractivity contribution in [2.75, 3.05) is 20.0 Å². The van der Waals surface area contributed by atoms with Crippen LogP contribution in [0.25, 0.3) is 0 Å². The second-order valence-electron chi connectivity index (χ2n) is 7.58. The molecule has 0 radical (unpaired) electrons. The summed E-state index contributed by atoms with van der Waals surface area (Å²) in [6, 6.07) is 11.0. The highest BCUT2D eigenvalue weighted by Gasteiger charge is 2.48. The molecular formula is C21H21NO10. The molecule has 2 aromatic rings. The molecule has 11 nitrogen and oxygen atoms in total. The van der Waals surface area contributed by atoms with Crippen LogP contribution in [0.1, 0.15) is 23.7 Å². The molecule has 0 spiro atoms. The third-order valence-corrected chi connectivity index (χ3v) is 5.57. The number of nitro benzene ring substituents is 1. The molecular weight excluding hydrogens is 426 g/mol. The van der Waals surface area contributed by atoms with Crippen LogP contribution in [0.4, 0.5) is 5.69 Å². The van der Waals surface area contributed by atoms with Gasteiger partial charge in [-0.2, -0.15) is 0 Å². The van der Waals surface area contributed by atoms with Gasteiger partial charge in [0.25, 0.3) is 5.69 Å². The first-order chi connectivity index (χ1) is 15.5. The van der Waals surface area contributed by atoms with E-state index in [4.69, 9.17) is 28.4 Å². The maximum Gasteiger partial charge on any atom is 0.269 e. The van der Waals surface area contributed by atoms with Crippen LogP contribution in [0.15, 0.2) is 42.5 Å². The van der Waals surface area contributed by atoms with Crippen molar-refractivity contribution in [3.63, 3.8) is 0 Å². The molecule has 3 aliphatic heterocycles. The third kappa shape index (κ3) is 3.90. The predicted octanol–water partition coefficient (Wildman–Crippen LogP) is 1.57. The summed E-state index contributed by atoms with van der Waals surface area (Å²) in [6.45, 7) is -0.271. The first kappa shape index (κ1) is 21.1. The van der Waals surface area contributed by atoms with E-state index in [1.165, 1.54) is 12.1 Å². The van der Waals surface area contributed by atoms with Crippen LogP contribution in [0.3, 0.4) is 0 Å². The highest BCUT2D eigenvalue weighted by Crippen LogP contribution is 2.41. The Labute approximate surface area is 182 Å². The summed E-state index contributed by atoms with van der Waals surface area (Å²) < 4.78 is 34.6. The van der Waals surface area contributed by atoms with Crippen molar-refractivity contribution >= 4 is 5.69 Å². The molecule has 2 saturated heterocycles. The van der Waals surface area contributed by atoms with Gasteiger partial charge >= 0.3 is 0 Å². The number of fused-ring (bicyclic) bond motifs is 2. The normalized spacial score (nSPS) is 29.9. The number of ether oxygens (including phenoxy) is 6. The van der Waals surface area contributed by atoms with Crippen molar-refractivity contribution in [2.45, 2.75) is 37.0 Å². The van der Waals surface area contributed by atoms with E-state index in [1.807, 2.05) is 0 Å². The third-order valence-electron chi connectivity index (χ3n) is 5.57. The Hall–Kier alpha value is -2.80. The molecule has 0 aromatic heterocycles. The molecule has 0 bridgehead atoms. The van der Waals surface area contributed by atoms with E-state index in [0.717, 1.165) is 0 Å². The number of rotatable bonds is 5. The van der Waals surface area contributed by atoms with Crippen molar-refractivity contribution in [3.8, 4) is 11.5 Å². The van der Waals surface area contributed by atoms with Gasteiger partial charge in [0, 0.05) is 23.3 Å². The van der Waals surface area contributed by atoms with Crippen molar-refractivity contribution in [3.05, 3.63) is 63.7 Å². The van der Waals surface area contributed by atoms with E-state index >= 15 is 0 Å². The molecule has 2 N–H and O–H groups in total. The first-order valence-corrected chi connectivity index (χ1v) is 10.0. The van der Waals surface area contributed by atoms with Gasteiger partial charge in [0.1, 0.15) is 24.4 Å². The van der Waals surface area contributed by atoms with Gasteiger partial charge in [0.15, 0.2) is 24.1 Å². The smallest absolute Gasteiger partial charge is 0.269 e. The van der Waals surface area contributed by atoms with Crippen LogP contribution < -0.4 is 9.47 Å². The molecule has 0 aliphatic carbocycles. The number of hydrogen-bond acceptors (Lipinski definition) is 10. The summed E-state index contributed by atoms with van der Waals surface area (Å²) in [4.78, 5) is 10.4. The number of nitro groups is 1. The lowest BCUT2D eigenvalue weighted by Gasteiger charge is -2.47. The first-order valence-electron chi connectivity index (χ1n) is 10.0. The number of hydrogen-bond donors (Lipinski definition) is 2. The summed E-state index contributed by atoms with van der Waals surface area (Å²) in [5.41, 5.74) is 1.18. The monoisotopic (exact) mass is 447 g/mol. The molecule has 32 heavy (non-hydrogen) atoms. The summed E-state index contributed by atoms with van der Waals surface area (Å²) in [5, 5.41) is 30.9. The summed E-state index contributed by atoms with van der Waals surface area (Å²) in [5.74, 6) is 1.18. The molecule has 2 aromatic carbocycles. The molecule has 170 valence electrons. The molecule has 2 unspecified atom stereocenters. The van der Waals surface area contributed by atoms with Gasteiger partial charge in [-0.3, -0.25) is 10.1 Å². The number of benzene rings is 2. The van der Waals surface area contributed by atoms with Gasteiger partial charge in [-0.25, -0.2) is 0 Å². The van der Waals surface area contributed by atoms with Crippen molar-refractivity contribution in [1.82, 2.24) is 0 Å². The minimum atomic E-state index is -1.22. The van der Waals surface area contributed by atoms with Gasteiger partial charge in [0.05, 0.1) is 18.1 Å². The second-order valence-corrected chi connectivity index (χ2v) is 7.58. The van der Waals surface area contributed by atoms with Gasteiger partial charge in [-0.15, -0.1) is 0 Å². The van der Waals surface area contributed by atoms with Gasteiger partial charge in [-0.1, -0.05) is 0 Å². The fourth-order valence-electron chi connectivity index (χ4n) is 3.92. The quantitative estimate of drug-likeness (QED) is 0.513. The van der Waals surface area contributed by atoms with Crippen LogP contribution in [0.2, 0.25) is 0 Å². The molecule has 5 rings (SSSR count). The van der Waals surface area contributed by atoms with E-state index in [2.05, 4.69) is 0 Å². The molecule has 6 atom stereocenters. The average Bonchev–Trinajstić information content (AvgIpc) is 3.30. The number of non-ortho nitro benzene ring substituents is 1. The Morgan fingerprint density at radius 2 is 1.75 bits per heavy atom. The van der Waals surface area contributed by atoms with Crippen LogP contribution >= 0.6 is 0 Å². The molecule has 0 amide bonds. The standard InChI is InChI=1S/C21H21NO10/c23-8-14(24)18-19-17(9-27-20(32-19)11-1-4-13(5-2-11)22(25)26)30-21(31-18)12-3-6-15-16(7-12)29-10-28-15/h1-7,14,17-21,23-24H,8-10H2/t14-,17+,18-,19-,20?,21?/m1/s1. The van der Waals surface area contributed by atoms with Crippen LogP contribution in [0.5, 0.6) is 11.5 Å².